The summed E-state index contributed by atoms with van der Waals surface area (Å²) in [5, 5.41) is 10.7. The molecule has 4 fully saturated rings. The maximum atomic E-state index is 12.3. The highest BCUT2D eigenvalue weighted by atomic mass is 16.6. The molecular formula is C23H41N3O4. The molecule has 0 radical (unpaired) electrons. The predicted molar refractivity (Wildman–Crippen MR) is 115 cm³/mol. The van der Waals surface area contributed by atoms with Crippen LogP contribution in [-0.4, -0.2) is 94.7 Å². The molecule has 172 valence electrons. The Labute approximate surface area is 181 Å². The molecule has 3 aliphatic heterocycles. The largest absolute Gasteiger partial charge is 0.444 e. The molecule has 4 rings (SSSR count). The third kappa shape index (κ3) is 5.12. The van der Waals surface area contributed by atoms with Gasteiger partial charge in [0.2, 0.25) is 0 Å². The number of aliphatic hydroxyl groups is 1. The van der Waals surface area contributed by atoms with Gasteiger partial charge in [-0.05, 0) is 72.4 Å². The molecule has 0 bridgehead atoms. The molecule has 0 aromatic carbocycles. The predicted octanol–water partition coefficient (Wildman–Crippen LogP) is 2.81. The van der Waals surface area contributed by atoms with Crippen molar-refractivity contribution in [2.45, 2.75) is 108 Å². The fourth-order valence-electron chi connectivity index (χ4n) is 5.93. The second-order valence-corrected chi connectivity index (χ2v) is 10.6. The van der Waals surface area contributed by atoms with Crippen LogP contribution in [0.25, 0.3) is 0 Å². The fourth-order valence-corrected chi connectivity index (χ4v) is 5.93. The number of piperidine rings is 2. The lowest BCUT2D eigenvalue weighted by Gasteiger charge is -2.52. The Hall–Kier alpha value is -0.890. The minimum absolute atomic E-state index is 0.178. The molecule has 0 aromatic rings. The summed E-state index contributed by atoms with van der Waals surface area (Å²) in [6, 6.07) is 1.42. The summed E-state index contributed by atoms with van der Waals surface area (Å²) in [5.74, 6) is 0. The van der Waals surface area contributed by atoms with Gasteiger partial charge in [-0.15, -0.1) is 0 Å². The van der Waals surface area contributed by atoms with E-state index in [1.54, 1.807) is 0 Å². The molecule has 3 heterocycles. The molecule has 7 heteroatoms. The van der Waals surface area contributed by atoms with Crippen LogP contribution in [0.1, 0.15) is 72.1 Å². The zero-order valence-electron chi connectivity index (χ0n) is 19.1. The second kappa shape index (κ2) is 9.31. The standard InChI is InChI=1S/C23H41N3O4/c1-23(2,3)30-22(28)25-14-8-17(9-15-25)24-12-10-18(11-13-24)26-19-6-4-5-7-20(19)29-16-21(26)27/h17-21,27H,4-16H2,1-3H3/t19-,20-,21?/m0/s1. The van der Waals surface area contributed by atoms with Gasteiger partial charge in [0, 0.05) is 31.2 Å². The average Bonchev–Trinajstić information content (AvgIpc) is 2.73. The van der Waals surface area contributed by atoms with E-state index in [0.29, 0.717) is 30.8 Å². The average molecular weight is 424 g/mol. The summed E-state index contributed by atoms with van der Waals surface area (Å²) < 4.78 is 11.5. The zero-order chi connectivity index (χ0) is 21.3. The number of rotatable bonds is 2. The number of carbonyl (C=O) groups is 1. The number of nitrogens with zero attached hydrogens (tertiary/aromatic N) is 3. The van der Waals surface area contributed by atoms with Crippen LogP contribution in [0.15, 0.2) is 0 Å². The van der Waals surface area contributed by atoms with Crippen molar-refractivity contribution in [3.05, 3.63) is 0 Å². The number of aliphatic hydroxyl groups excluding tert-OH is 1. The van der Waals surface area contributed by atoms with Crippen molar-refractivity contribution in [3.63, 3.8) is 0 Å². The van der Waals surface area contributed by atoms with Gasteiger partial charge in [-0.25, -0.2) is 4.79 Å². The van der Waals surface area contributed by atoms with Crippen LogP contribution in [0.5, 0.6) is 0 Å². The van der Waals surface area contributed by atoms with E-state index in [-0.39, 0.29) is 6.09 Å². The zero-order valence-corrected chi connectivity index (χ0v) is 19.1. The van der Waals surface area contributed by atoms with Crippen molar-refractivity contribution in [1.82, 2.24) is 14.7 Å². The van der Waals surface area contributed by atoms with Crippen LogP contribution in [0, 0.1) is 0 Å². The Morgan fingerprint density at radius 1 is 0.933 bits per heavy atom. The Balaban J connectivity index is 1.25. The first kappa shape index (κ1) is 22.3. The highest BCUT2D eigenvalue weighted by molar-refractivity contribution is 5.68. The molecule has 0 aromatic heterocycles. The summed E-state index contributed by atoms with van der Waals surface area (Å²) in [4.78, 5) is 19.2. The molecule has 3 saturated heterocycles. The van der Waals surface area contributed by atoms with Gasteiger partial charge < -0.3 is 24.4 Å². The van der Waals surface area contributed by atoms with Crippen molar-refractivity contribution in [2.75, 3.05) is 32.8 Å². The SMILES string of the molecule is CC(C)(C)OC(=O)N1CCC(N2CCC(N3C(O)CO[C@H]4CCCC[C@@H]43)CC2)CC1. The van der Waals surface area contributed by atoms with Gasteiger partial charge in [0.15, 0.2) is 0 Å². The van der Waals surface area contributed by atoms with Crippen molar-refractivity contribution < 1.29 is 19.4 Å². The lowest BCUT2D eigenvalue weighted by atomic mass is 9.87. The van der Waals surface area contributed by atoms with E-state index in [1.165, 1.54) is 12.8 Å². The van der Waals surface area contributed by atoms with Gasteiger partial charge in [-0.3, -0.25) is 4.90 Å². The van der Waals surface area contributed by atoms with E-state index in [4.69, 9.17) is 9.47 Å². The van der Waals surface area contributed by atoms with Crippen molar-refractivity contribution in [3.8, 4) is 0 Å². The first-order valence-corrected chi connectivity index (χ1v) is 12.1. The smallest absolute Gasteiger partial charge is 0.410 e. The Morgan fingerprint density at radius 3 is 2.23 bits per heavy atom. The van der Waals surface area contributed by atoms with Crippen molar-refractivity contribution >= 4 is 6.09 Å². The van der Waals surface area contributed by atoms with Crippen molar-refractivity contribution in [1.29, 1.82) is 0 Å². The molecule has 1 amide bonds. The van der Waals surface area contributed by atoms with Gasteiger partial charge in [0.05, 0.1) is 12.7 Å². The third-order valence-electron chi connectivity index (χ3n) is 7.41. The lowest BCUT2D eigenvalue weighted by Crippen LogP contribution is -2.63. The monoisotopic (exact) mass is 423 g/mol. The molecule has 1 N–H and O–H groups in total. The van der Waals surface area contributed by atoms with E-state index in [9.17, 15) is 9.90 Å². The molecule has 3 atom stereocenters. The Bertz CT molecular complexity index is 579. The molecule has 1 saturated carbocycles. The molecule has 7 nitrogen and oxygen atoms in total. The summed E-state index contributed by atoms with van der Waals surface area (Å²) >= 11 is 0. The maximum absolute atomic E-state index is 12.3. The van der Waals surface area contributed by atoms with E-state index in [0.717, 1.165) is 64.7 Å². The molecule has 1 aliphatic carbocycles. The van der Waals surface area contributed by atoms with Crippen LogP contribution in [-0.2, 0) is 9.47 Å². The van der Waals surface area contributed by atoms with Crippen LogP contribution >= 0.6 is 0 Å². The highest BCUT2D eigenvalue weighted by Gasteiger charge is 2.43. The topological polar surface area (TPSA) is 65.5 Å². The van der Waals surface area contributed by atoms with Crippen LogP contribution in [0.3, 0.4) is 0 Å². The summed E-state index contributed by atoms with van der Waals surface area (Å²) in [6.07, 6.45) is 8.78. The molecule has 0 spiro atoms. The highest BCUT2D eigenvalue weighted by Crippen LogP contribution is 2.34. The number of hydrogen-bond donors (Lipinski definition) is 1. The maximum Gasteiger partial charge on any atom is 0.410 e. The number of hydrogen-bond acceptors (Lipinski definition) is 6. The Kier molecular flexibility index (Phi) is 6.92. The van der Waals surface area contributed by atoms with E-state index < -0.39 is 11.8 Å². The molecule has 1 unspecified atom stereocenters. The second-order valence-electron chi connectivity index (χ2n) is 10.6. The Morgan fingerprint density at radius 2 is 1.57 bits per heavy atom. The minimum Gasteiger partial charge on any atom is -0.444 e. The molecule has 30 heavy (non-hydrogen) atoms. The van der Waals surface area contributed by atoms with Gasteiger partial charge >= 0.3 is 6.09 Å². The quantitative estimate of drug-likeness (QED) is 0.737. The van der Waals surface area contributed by atoms with Gasteiger partial charge in [-0.2, -0.15) is 0 Å². The number of likely N-dealkylation sites (tertiary alicyclic amines) is 2. The molecule has 4 aliphatic rings. The van der Waals surface area contributed by atoms with Gasteiger partial charge in [-0.1, -0.05) is 12.8 Å². The van der Waals surface area contributed by atoms with Crippen LogP contribution < -0.4 is 0 Å². The van der Waals surface area contributed by atoms with Crippen molar-refractivity contribution in [2.24, 2.45) is 0 Å². The minimum atomic E-state index is -0.446. The van der Waals surface area contributed by atoms with Gasteiger partial charge in [0.25, 0.3) is 0 Å². The number of ether oxygens (including phenoxy) is 2. The number of morpholine rings is 1. The fraction of sp³-hybridized carbons (Fsp3) is 0.957. The summed E-state index contributed by atoms with van der Waals surface area (Å²) in [6.45, 7) is 9.96. The normalized spacial score (nSPS) is 33.3. The number of amides is 1. The number of fused-ring (bicyclic) bond motifs is 1. The number of carbonyl (C=O) groups excluding carboxylic acids is 1. The van der Waals surface area contributed by atoms with E-state index >= 15 is 0 Å². The first-order valence-electron chi connectivity index (χ1n) is 12.1. The summed E-state index contributed by atoms with van der Waals surface area (Å²) in [7, 11) is 0. The van der Waals surface area contributed by atoms with Crippen LogP contribution in [0.4, 0.5) is 4.79 Å². The third-order valence-corrected chi connectivity index (χ3v) is 7.41. The van der Waals surface area contributed by atoms with E-state index in [1.807, 2.05) is 25.7 Å². The van der Waals surface area contributed by atoms with Crippen LogP contribution in [0.2, 0.25) is 0 Å². The lowest BCUT2D eigenvalue weighted by molar-refractivity contribution is -0.199. The molecular weight excluding hydrogens is 382 g/mol. The van der Waals surface area contributed by atoms with Gasteiger partial charge in [0.1, 0.15) is 11.8 Å². The van der Waals surface area contributed by atoms with E-state index in [2.05, 4.69) is 9.80 Å². The summed E-state index contributed by atoms with van der Waals surface area (Å²) in [5.41, 5.74) is -0.433. The first-order chi connectivity index (χ1) is 14.3.